The van der Waals surface area contributed by atoms with Crippen LogP contribution in [0.2, 0.25) is 0 Å². The predicted octanol–water partition coefficient (Wildman–Crippen LogP) is -4.77. The number of aliphatic hydroxyl groups excluding tert-OH is 1. The van der Waals surface area contributed by atoms with Crippen molar-refractivity contribution < 1.29 is 53.7 Å². The van der Waals surface area contributed by atoms with E-state index in [4.69, 9.17) is 28.7 Å². The van der Waals surface area contributed by atoms with E-state index in [9.17, 15) is 53.7 Å². The minimum absolute atomic E-state index is 0.0351. The van der Waals surface area contributed by atoms with Gasteiger partial charge in [0.05, 0.1) is 6.10 Å². The topological polar surface area (TPSA) is 415 Å². The molecule has 0 radical (unpaired) electrons. The van der Waals surface area contributed by atoms with Gasteiger partial charge in [-0.05, 0) is 71.1 Å². The minimum Gasteiger partial charge on any atom is -0.481 e. The van der Waals surface area contributed by atoms with Crippen LogP contribution in [0.25, 0.3) is 0 Å². The Morgan fingerprint density at radius 1 is 0.695 bits per heavy atom. The van der Waals surface area contributed by atoms with Crippen LogP contribution < -0.4 is 55.3 Å². The van der Waals surface area contributed by atoms with E-state index in [2.05, 4.69) is 36.6 Å². The molecule has 334 valence electrons. The van der Waals surface area contributed by atoms with Crippen LogP contribution in [0.5, 0.6) is 0 Å². The van der Waals surface area contributed by atoms with Crippen LogP contribution in [-0.4, -0.2) is 148 Å². The molecule has 6 amide bonds. The molecule has 0 aliphatic carbocycles. The number of rotatable bonds is 26. The Morgan fingerprint density at radius 3 is 1.66 bits per heavy atom. The van der Waals surface area contributed by atoms with Gasteiger partial charge >= 0.3 is 11.9 Å². The monoisotopic (exact) mass is 841 g/mol. The molecule has 0 saturated carbocycles. The first-order valence-corrected chi connectivity index (χ1v) is 19.4. The van der Waals surface area contributed by atoms with Gasteiger partial charge in [0.25, 0.3) is 0 Å². The zero-order valence-corrected chi connectivity index (χ0v) is 34.0. The molecule has 0 aromatic heterocycles. The number of nitrogens with two attached hydrogens (primary N) is 5. The molecule has 59 heavy (non-hydrogen) atoms. The van der Waals surface area contributed by atoms with Crippen molar-refractivity contribution in [3.63, 3.8) is 0 Å². The Balaban J connectivity index is 3.28. The smallest absolute Gasteiger partial charge is 0.326 e. The number of aliphatic hydroxyl groups is 1. The molecule has 1 aliphatic rings. The van der Waals surface area contributed by atoms with Gasteiger partial charge in [0.15, 0.2) is 11.9 Å². The van der Waals surface area contributed by atoms with E-state index in [0.717, 1.165) is 0 Å². The van der Waals surface area contributed by atoms with Crippen LogP contribution >= 0.6 is 0 Å². The van der Waals surface area contributed by atoms with Crippen LogP contribution in [-0.2, 0) is 38.4 Å². The molecule has 1 rings (SSSR count). The number of carboxylic acids is 2. The number of nitrogens with zero attached hydrogens (tertiary/aromatic N) is 3. The number of likely N-dealkylation sites (tertiary alicyclic amines) is 1. The molecule has 1 heterocycles. The normalized spacial score (nSPS) is 17.1. The molecule has 0 aromatic rings. The van der Waals surface area contributed by atoms with E-state index in [-0.39, 0.29) is 76.0 Å². The number of aliphatic imine (C=N–C) groups is 2. The van der Waals surface area contributed by atoms with Crippen LogP contribution in [0.4, 0.5) is 0 Å². The summed E-state index contributed by atoms with van der Waals surface area (Å²) >= 11 is 0. The highest BCUT2D eigenvalue weighted by atomic mass is 16.4. The molecule has 24 heteroatoms. The summed E-state index contributed by atoms with van der Waals surface area (Å²) in [5.41, 5.74) is 27.1. The largest absolute Gasteiger partial charge is 0.481 e. The SMILES string of the molecule is CC(C)C[C@H](NC(=O)[C@@H]1CCCN1C(=O)[C@H](C)NC(=O)[C@@H](N)[C@@H](C)O)C(=O)N[C@@H](CCC(=O)O)C(=O)N[C@@H](CCCN=C(N)N)C(=O)N[C@@H](CCCN=C(N)N)C(=O)O. The highest BCUT2D eigenvalue weighted by Gasteiger charge is 2.39. The number of hydrogen-bond donors (Lipinski definition) is 13. The van der Waals surface area contributed by atoms with Gasteiger partial charge < -0.3 is 75.5 Å². The molecule has 0 bridgehead atoms. The summed E-state index contributed by atoms with van der Waals surface area (Å²) in [4.78, 5) is 113. The Kier molecular flexibility index (Phi) is 22.2. The van der Waals surface area contributed by atoms with Crippen molar-refractivity contribution in [2.24, 2.45) is 44.6 Å². The fourth-order valence-electron chi connectivity index (χ4n) is 6.00. The molecule has 0 spiro atoms. The van der Waals surface area contributed by atoms with Crippen molar-refractivity contribution in [2.45, 2.75) is 134 Å². The van der Waals surface area contributed by atoms with E-state index in [1.807, 2.05) is 0 Å². The third-order valence-electron chi connectivity index (χ3n) is 9.15. The first-order chi connectivity index (χ1) is 27.5. The predicted molar refractivity (Wildman–Crippen MR) is 214 cm³/mol. The van der Waals surface area contributed by atoms with Crippen LogP contribution in [0.1, 0.15) is 85.5 Å². The zero-order chi connectivity index (χ0) is 45.0. The number of amides is 6. The standard InChI is InChI=1S/C35H63N13O11/c1-17(2)16-23(47-30(55)24-10-7-15-48(24)32(57)18(3)43-31(56)26(36)19(4)49)29(54)45-21(11-12-25(50)51)28(53)44-20(8-5-13-41-34(37)38)27(52)46-22(33(58)59)9-6-14-42-35(39)40/h17-24,26,49H,5-16,36H2,1-4H3,(H,43,56)(H,44,53)(H,45,54)(H,46,52)(H,47,55)(H,50,51)(H,58,59)(H4,37,38,41)(H4,39,40,42)/t18-,19+,20-,21-,22-,23-,24-,26-/m0/s1. The summed E-state index contributed by atoms with van der Waals surface area (Å²) in [6, 6.07) is -9.04. The van der Waals surface area contributed by atoms with Crippen molar-refractivity contribution >= 4 is 59.3 Å². The van der Waals surface area contributed by atoms with Crippen LogP contribution in [0.15, 0.2) is 9.98 Å². The van der Waals surface area contributed by atoms with Crippen molar-refractivity contribution in [3.05, 3.63) is 0 Å². The molecule has 1 aliphatic heterocycles. The summed E-state index contributed by atoms with van der Waals surface area (Å²) in [5, 5.41) is 41.2. The fraction of sp³-hybridized carbons (Fsp3) is 0.714. The average molecular weight is 842 g/mol. The highest BCUT2D eigenvalue weighted by molar-refractivity contribution is 5.97. The summed E-state index contributed by atoms with van der Waals surface area (Å²) < 4.78 is 0. The van der Waals surface area contributed by atoms with Crippen molar-refractivity contribution in [3.8, 4) is 0 Å². The molecule has 24 nitrogen and oxygen atoms in total. The number of carbonyl (C=O) groups is 8. The van der Waals surface area contributed by atoms with E-state index >= 15 is 0 Å². The molecule has 0 unspecified atom stereocenters. The van der Waals surface area contributed by atoms with E-state index in [0.29, 0.717) is 6.42 Å². The van der Waals surface area contributed by atoms with Gasteiger partial charge in [-0.3, -0.25) is 43.5 Å². The van der Waals surface area contributed by atoms with Gasteiger partial charge in [-0.15, -0.1) is 0 Å². The fourth-order valence-corrected chi connectivity index (χ4v) is 6.00. The lowest BCUT2D eigenvalue weighted by molar-refractivity contribution is -0.142. The first-order valence-electron chi connectivity index (χ1n) is 19.4. The third-order valence-corrected chi connectivity index (χ3v) is 9.15. The van der Waals surface area contributed by atoms with Crippen molar-refractivity contribution in [2.75, 3.05) is 19.6 Å². The molecular weight excluding hydrogens is 778 g/mol. The minimum atomic E-state index is -1.55. The van der Waals surface area contributed by atoms with Gasteiger partial charge in [0, 0.05) is 26.1 Å². The lowest BCUT2D eigenvalue weighted by Crippen LogP contribution is -2.59. The lowest BCUT2D eigenvalue weighted by atomic mass is 10.0. The molecule has 1 saturated heterocycles. The van der Waals surface area contributed by atoms with Gasteiger partial charge in [-0.2, -0.15) is 0 Å². The van der Waals surface area contributed by atoms with Crippen molar-refractivity contribution in [1.29, 1.82) is 0 Å². The van der Waals surface area contributed by atoms with Crippen molar-refractivity contribution in [1.82, 2.24) is 31.5 Å². The van der Waals surface area contributed by atoms with Gasteiger partial charge in [0.1, 0.15) is 42.3 Å². The Hall–Kier alpha value is -5.78. The van der Waals surface area contributed by atoms with E-state index in [1.54, 1.807) is 13.8 Å². The number of guanidine groups is 2. The number of carboxylic acid groups (broad SMARTS) is 2. The lowest BCUT2D eigenvalue weighted by Gasteiger charge is -2.30. The van der Waals surface area contributed by atoms with Gasteiger partial charge in [-0.25, -0.2) is 4.79 Å². The number of nitrogens with one attached hydrogen (secondary N) is 5. The quantitative estimate of drug-likeness (QED) is 0.0221. The summed E-state index contributed by atoms with van der Waals surface area (Å²) in [6.07, 6.45) is -1.35. The second-order valence-corrected chi connectivity index (χ2v) is 14.7. The van der Waals surface area contributed by atoms with E-state index in [1.165, 1.54) is 18.7 Å². The first kappa shape index (κ1) is 51.2. The van der Waals surface area contributed by atoms with Crippen LogP contribution in [0.3, 0.4) is 0 Å². The molecular formula is C35H63N13O11. The second kappa shape index (κ2) is 25.6. The third kappa shape index (κ3) is 19.0. The van der Waals surface area contributed by atoms with Gasteiger partial charge in [-0.1, -0.05) is 13.8 Å². The molecule has 8 atom stereocenters. The number of carbonyl (C=O) groups excluding carboxylic acids is 6. The molecule has 18 N–H and O–H groups in total. The number of hydrogen-bond acceptors (Lipinski definition) is 12. The highest BCUT2D eigenvalue weighted by Crippen LogP contribution is 2.20. The maximum atomic E-state index is 13.8. The van der Waals surface area contributed by atoms with Gasteiger partial charge in [0.2, 0.25) is 35.4 Å². The Morgan fingerprint density at radius 2 is 1.19 bits per heavy atom. The zero-order valence-electron chi connectivity index (χ0n) is 34.0. The number of aliphatic carboxylic acids is 2. The average Bonchev–Trinajstić information content (AvgIpc) is 3.64. The Bertz CT molecular complexity index is 1530. The van der Waals surface area contributed by atoms with Crippen LogP contribution in [0, 0.1) is 5.92 Å². The Labute approximate surface area is 342 Å². The summed E-state index contributed by atoms with van der Waals surface area (Å²) in [5.74, 6) is -8.08. The molecule has 0 aromatic carbocycles. The maximum Gasteiger partial charge on any atom is 0.326 e. The molecule has 1 fully saturated rings. The summed E-state index contributed by atoms with van der Waals surface area (Å²) in [7, 11) is 0. The van der Waals surface area contributed by atoms with E-state index < -0.39 is 109 Å². The summed E-state index contributed by atoms with van der Waals surface area (Å²) in [6.45, 7) is 6.55. The second-order valence-electron chi connectivity index (χ2n) is 14.7. The maximum absolute atomic E-state index is 13.8.